The average molecular weight is 200 g/mol. The number of likely N-dealkylation sites (tertiary alicyclic amines) is 1. The summed E-state index contributed by atoms with van der Waals surface area (Å²) in [5.74, 6) is 0.317. The van der Waals surface area contributed by atoms with Crippen LogP contribution in [0.5, 0.6) is 0 Å². The minimum Gasteiger partial charge on any atom is -0.395 e. The highest BCUT2D eigenvalue weighted by Gasteiger charge is 2.47. The zero-order chi connectivity index (χ0) is 10.2. The summed E-state index contributed by atoms with van der Waals surface area (Å²) >= 11 is 0. The topological polar surface area (TPSA) is 69.7 Å². The first-order valence-electron chi connectivity index (χ1n) is 5.47. The molecule has 1 saturated heterocycles. The third-order valence-electron chi connectivity index (χ3n) is 3.94. The molecule has 1 aliphatic carbocycles. The molecule has 14 heavy (non-hydrogen) atoms. The zero-order valence-corrected chi connectivity index (χ0v) is 8.52. The van der Waals surface area contributed by atoms with Crippen LogP contribution in [0.2, 0.25) is 0 Å². The smallest absolute Gasteiger partial charge is 0.0810 e. The molecule has 4 heteroatoms. The van der Waals surface area contributed by atoms with E-state index in [2.05, 4.69) is 4.90 Å². The molecule has 1 heterocycles. The molecule has 0 amide bonds. The summed E-state index contributed by atoms with van der Waals surface area (Å²) in [5, 5.41) is 19.1. The minimum atomic E-state index is -0.638. The van der Waals surface area contributed by atoms with Gasteiger partial charge in [-0.1, -0.05) is 0 Å². The fraction of sp³-hybridized carbons (Fsp3) is 1.00. The molecular weight excluding hydrogens is 180 g/mol. The molecule has 1 saturated carbocycles. The Morgan fingerprint density at radius 1 is 1.50 bits per heavy atom. The molecule has 2 rings (SSSR count). The molecule has 0 aromatic carbocycles. The summed E-state index contributed by atoms with van der Waals surface area (Å²) < 4.78 is 0. The second kappa shape index (κ2) is 3.77. The highest BCUT2D eigenvalue weighted by Crippen LogP contribution is 2.41. The van der Waals surface area contributed by atoms with Gasteiger partial charge in [0.05, 0.1) is 12.2 Å². The number of nitrogens with two attached hydrogens (primary N) is 1. The van der Waals surface area contributed by atoms with Crippen molar-refractivity contribution >= 4 is 0 Å². The van der Waals surface area contributed by atoms with Gasteiger partial charge in [-0.2, -0.15) is 0 Å². The molecule has 4 nitrogen and oxygen atoms in total. The van der Waals surface area contributed by atoms with Crippen molar-refractivity contribution in [1.29, 1.82) is 0 Å². The van der Waals surface area contributed by atoms with Crippen LogP contribution >= 0.6 is 0 Å². The minimum absolute atomic E-state index is 0.213. The van der Waals surface area contributed by atoms with Gasteiger partial charge >= 0.3 is 0 Å². The summed E-state index contributed by atoms with van der Waals surface area (Å²) in [6, 6.07) is 0.568. The fourth-order valence-electron chi connectivity index (χ4n) is 2.97. The molecule has 0 spiro atoms. The van der Waals surface area contributed by atoms with Crippen LogP contribution in [0.15, 0.2) is 0 Å². The molecule has 82 valence electrons. The van der Waals surface area contributed by atoms with Gasteiger partial charge in [-0.15, -0.1) is 0 Å². The lowest BCUT2D eigenvalue weighted by molar-refractivity contribution is -0.0246. The van der Waals surface area contributed by atoms with Crippen molar-refractivity contribution in [3.05, 3.63) is 0 Å². The van der Waals surface area contributed by atoms with Crippen molar-refractivity contribution in [2.45, 2.75) is 30.9 Å². The fourth-order valence-corrected chi connectivity index (χ4v) is 2.97. The van der Waals surface area contributed by atoms with Crippen molar-refractivity contribution in [2.24, 2.45) is 11.7 Å². The van der Waals surface area contributed by atoms with Gasteiger partial charge in [0.25, 0.3) is 0 Å². The quantitative estimate of drug-likeness (QED) is 0.555. The Morgan fingerprint density at radius 2 is 2.29 bits per heavy atom. The first-order chi connectivity index (χ1) is 6.69. The summed E-state index contributed by atoms with van der Waals surface area (Å²) in [7, 11) is 0. The third kappa shape index (κ3) is 1.56. The Morgan fingerprint density at radius 3 is 2.93 bits per heavy atom. The predicted molar refractivity (Wildman–Crippen MR) is 53.8 cm³/mol. The summed E-state index contributed by atoms with van der Waals surface area (Å²) in [6.07, 6.45) is 2.89. The van der Waals surface area contributed by atoms with E-state index in [1.54, 1.807) is 0 Å². The monoisotopic (exact) mass is 200 g/mol. The number of fused-ring (bicyclic) bond motifs is 2. The Kier molecular flexibility index (Phi) is 2.79. The summed E-state index contributed by atoms with van der Waals surface area (Å²) in [4.78, 5) is 2.29. The molecule has 4 N–H and O–H groups in total. The number of aliphatic hydroxyl groups excluding tert-OH is 1. The third-order valence-corrected chi connectivity index (χ3v) is 3.94. The lowest BCUT2D eigenvalue weighted by atomic mass is 9.76. The summed E-state index contributed by atoms with van der Waals surface area (Å²) in [6.45, 7) is 2.22. The van der Waals surface area contributed by atoms with Crippen molar-refractivity contribution in [1.82, 2.24) is 4.90 Å². The Hall–Kier alpha value is -0.160. The largest absolute Gasteiger partial charge is 0.395 e. The SMILES string of the molecule is NCC1(O)CCC2CC1CN2CCO. The van der Waals surface area contributed by atoms with E-state index in [1.165, 1.54) is 0 Å². The van der Waals surface area contributed by atoms with E-state index in [9.17, 15) is 5.11 Å². The number of hydrogen-bond acceptors (Lipinski definition) is 4. The molecule has 0 aromatic heterocycles. The van der Waals surface area contributed by atoms with Gasteiger partial charge in [0.1, 0.15) is 0 Å². The van der Waals surface area contributed by atoms with Gasteiger partial charge in [-0.3, -0.25) is 4.90 Å². The molecule has 3 unspecified atom stereocenters. The van der Waals surface area contributed by atoms with E-state index < -0.39 is 5.60 Å². The zero-order valence-electron chi connectivity index (χ0n) is 8.52. The summed E-state index contributed by atoms with van der Waals surface area (Å²) in [5.41, 5.74) is 4.99. The van der Waals surface area contributed by atoms with E-state index in [4.69, 9.17) is 10.8 Å². The number of rotatable bonds is 3. The average Bonchev–Trinajstić information content (AvgIpc) is 2.54. The maximum absolute atomic E-state index is 10.2. The predicted octanol–water partition coefficient (Wildman–Crippen LogP) is -0.847. The van der Waals surface area contributed by atoms with Crippen molar-refractivity contribution < 1.29 is 10.2 Å². The van der Waals surface area contributed by atoms with Gasteiger partial charge in [0, 0.05) is 31.6 Å². The molecule has 0 aromatic rings. The Bertz CT molecular complexity index is 212. The second-order valence-corrected chi connectivity index (χ2v) is 4.65. The van der Waals surface area contributed by atoms with E-state index in [0.29, 0.717) is 18.5 Å². The van der Waals surface area contributed by atoms with Crippen molar-refractivity contribution in [3.63, 3.8) is 0 Å². The highest BCUT2D eigenvalue weighted by atomic mass is 16.3. The molecule has 3 atom stereocenters. The van der Waals surface area contributed by atoms with Gasteiger partial charge in [0.2, 0.25) is 0 Å². The number of β-amino-alcohol motifs (C(OH)–C–C–N with tert-alkyl or cyclic N) is 1. The maximum Gasteiger partial charge on any atom is 0.0810 e. The first kappa shape index (κ1) is 10.4. The molecule has 1 aliphatic heterocycles. The number of nitrogens with zero attached hydrogens (tertiary/aromatic N) is 1. The first-order valence-corrected chi connectivity index (χ1v) is 5.47. The van der Waals surface area contributed by atoms with Gasteiger partial charge < -0.3 is 15.9 Å². The van der Waals surface area contributed by atoms with Gasteiger partial charge in [-0.25, -0.2) is 0 Å². The van der Waals surface area contributed by atoms with Gasteiger partial charge in [-0.05, 0) is 19.3 Å². The van der Waals surface area contributed by atoms with E-state index >= 15 is 0 Å². The molecule has 2 fully saturated rings. The molecule has 2 aliphatic rings. The standard InChI is InChI=1S/C10H20N2O2/c11-7-10(14)2-1-9-5-8(10)6-12(9)3-4-13/h8-9,13-14H,1-7,11H2. The lowest BCUT2D eigenvalue weighted by Gasteiger charge is -2.36. The van der Waals surface area contributed by atoms with Crippen LogP contribution in [0.3, 0.4) is 0 Å². The molecule has 2 bridgehead atoms. The van der Waals surface area contributed by atoms with E-state index in [-0.39, 0.29) is 6.61 Å². The highest BCUT2D eigenvalue weighted by molar-refractivity contribution is 5.02. The second-order valence-electron chi connectivity index (χ2n) is 4.65. The van der Waals surface area contributed by atoms with Crippen molar-refractivity contribution in [3.8, 4) is 0 Å². The lowest BCUT2D eigenvalue weighted by Crippen LogP contribution is -2.47. The van der Waals surface area contributed by atoms with Crippen LogP contribution in [-0.4, -0.2) is 53.0 Å². The van der Waals surface area contributed by atoms with Crippen LogP contribution in [0.25, 0.3) is 0 Å². The van der Waals surface area contributed by atoms with Gasteiger partial charge in [0.15, 0.2) is 0 Å². The Balaban J connectivity index is 2.03. The normalized spacial score (nSPS) is 43.1. The van der Waals surface area contributed by atoms with Crippen LogP contribution in [0, 0.1) is 5.92 Å². The number of aliphatic hydroxyl groups is 2. The maximum atomic E-state index is 10.2. The molecular formula is C10H20N2O2. The van der Waals surface area contributed by atoms with E-state index in [0.717, 1.165) is 32.4 Å². The van der Waals surface area contributed by atoms with E-state index in [1.807, 2.05) is 0 Å². The number of hydrogen-bond donors (Lipinski definition) is 3. The Labute approximate surface area is 84.7 Å². The van der Waals surface area contributed by atoms with Crippen LogP contribution in [0.4, 0.5) is 0 Å². The van der Waals surface area contributed by atoms with Crippen LogP contribution in [-0.2, 0) is 0 Å². The molecule has 0 radical (unpaired) electrons. The van der Waals surface area contributed by atoms with Crippen LogP contribution in [0.1, 0.15) is 19.3 Å². The van der Waals surface area contributed by atoms with Crippen molar-refractivity contribution in [2.75, 3.05) is 26.2 Å². The van der Waals surface area contributed by atoms with Crippen LogP contribution < -0.4 is 5.73 Å².